The van der Waals surface area contributed by atoms with Gasteiger partial charge in [0.05, 0.1) is 17.5 Å². The molecule has 1 atom stereocenters. The van der Waals surface area contributed by atoms with Crippen molar-refractivity contribution < 1.29 is 9.47 Å². The molecule has 1 aromatic carbocycles. The Hall–Kier alpha value is -1.59. The fourth-order valence-corrected chi connectivity index (χ4v) is 2.30. The van der Waals surface area contributed by atoms with Gasteiger partial charge in [0, 0.05) is 12.2 Å². The second kappa shape index (κ2) is 6.54. The van der Waals surface area contributed by atoms with Crippen molar-refractivity contribution in [2.75, 3.05) is 7.11 Å². The van der Waals surface area contributed by atoms with Crippen LogP contribution in [0.3, 0.4) is 0 Å². The van der Waals surface area contributed by atoms with Gasteiger partial charge in [-0.25, -0.2) is 0 Å². The van der Waals surface area contributed by atoms with Crippen LogP contribution in [0.1, 0.15) is 17.4 Å². The molecule has 1 unspecified atom stereocenters. The summed E-state index contributed by atoms with van der Waals surface area (Å²) in [5.74, 6) is 1.67. The van der Waals surface area contributed by atoms with Crippen molar-refractivity contribution in [2.24, 2.45) is 5.73 Å². The van der Waals surface area contributed by atoms with Gasteiger partial charge in [-0.3, -0.25) is 4.98 Å². The lowest BCUT2D eigenvalue weighted by Crippen LogP contribution is -2.18. The summed E-state index contributed by atoms with van der Waals surface area (Å²) in [6.07, 6.45) is 2.58. The number of nitrogens with zero attached hydrogens (tertiary/aromatic N) is 1. The number of nitrogens with two attached hydrogens (primary N) is 1. The van der Waals surface area contributed by atoms with Gasteiger partial charge in [0.1, 0.15) is 18.1 Å². The summed E-state index contributed by atoms with van der Waals surface area (Å²) in [5.41, 5.74) is 8.74. The van der Waals surface area contributed by atoms with Crippen LogP contribution in [0, 0.1) is 0 Å². The van der Waals surface area contributed by atoms with Crippen LogP contribution < -0.4 is 15.2 Å². The van der Waals surface area contributed by atoms with Crippen LogP contribution in [0.2, 0.25) is 0 Å². The summed E-state index contributed by atoms with van der Waals surface area (Å²) in [6.45, 7) is 2.51. The lowest BCUT2D eigenvalue weighted by Gasteiger charge is -2.14. The third-order valence-corrected chi connectivity index (χ3v) is 3.42. The van der Waals surface area contributed by atoms with Gasteiger partial charge in [-0.2, -0.15) is 0 Å². The monoisotopic (exact) mass is 278 g/mol. The van der Waals surface area contributed by atoms with Gasteiger partial charge in [0.25, 0.3) is 0 Å². The molecule has 1 heterocycles. The summed E-state index contributed by atoms with van der Waals surface area (Å²) < 4.78 is 11.1. The average Bonchev–Trinajstić information content (AvgIpc) is 2.89. The van der Waals surface area contributed by atoms with E-state index < -0.39 is 0 Å². The predicted molar refractivity (Wildman–Crippen MR) is 76.8 cm³/mol. The molecular weight excluding hydrogens is 260 g/mol. The molecule has 0 saturated heterocycles. The molecule has 1 aromatic heterocycles. The topological polar surface area (TPSA) is 57.4 Å². The lowest BCUT2D eigenvalue weighted by atomic mass is 10.1. The average molecular weight is 278 g/mol. The van der Waals surface area contributed by atoms with Crippen LogP contribution in [0.25, 0.3) is 0 Å². The minimum Gasteiger partial charge on any atom is -0.497 e. The third kappa shape index (κ3) is 3.94. The van der Waals surface area contributed by atoms with Crippen LogP contribution in [0.15, 0.2) is 29.9 Å². The molecule has 0 aliphatic carbocycles. The van der Waals surface area contributed by atoms with Gasteiger partial charge in [0.15, 0.2) is 0 Å². The third-order valence-electron chi connectivity index (χ3n) is 2.66. The Morgan fingerprint density at radius 3 is 2.89 bits per heavy atom. The molecule has 0 aliphatic heterocycles. The van der Waals surface area contributed by atoms with Crippen molar-refractivity contribution in [1.82, 2.24) is 4.98 Å². The van der Waals surface area contributed by atoms with Crippen LogP contribution in [-0.2, 0) is 13.0 Å². The number of methoxy groups -OCH3 is 1. The Morgan fingerprint density at radius 1 is 1.42 bits per heavy atom. The van der Waals surface area contributed by atoms with E-state index in [-0.39, 0.29) is 6.04 Å². The number of hydrogen-bond donors (Lipinski definition) is 1. The van der Waals surface area contributed by atoms with Crippen molar-refractivity contribution in [2.45, 2.75) is 26.0 Å². The zero-order valence-corrected chi connectivity index (χ0v) is 11.9. The van der Waals surface area contributed by atoms with E-state index in [1.54, 1.807) is 24.0 Å². The highest BCUT2D eigenvalue weighted by molar-refractivity contribution is 7.09. The first-order chi connectivity index (χ1) is 9.19. The van der Waals surface area contributed by atoms with Crippen molar-refractivity contribution in [3.63, 3.8) is 0 Å². The molecule has 2 N–H and O–H groups in total. The van der Waals surface area contributed by atoms with Gasteiger partial charge in [-0.05, 0) is 37.1 Å². The van der Waals surface area contributed by atoms with Crippen LogP contribution in [0.4, 0.5) is 0 Å². The number of hydrogen-bond acceptors (Lipinski definition) is 5. The van der Waals surface area contributed by atoms with Crippen molar-refractivity contribution >= 4 is 11.3 Å². The molecule has 0 fully saturated rings. The molecule has 4 nitrogen and oxygen atoms in total. The van der Waals surface area contributed by atoms with E-state index in [0.717, 1.165) is 28.4 Å². The Balaban J connectivity index is 2.13. The number of rotatable bonds is 6. The Kier molecular flexibility index (Phi) is 4.76. The van der Waals surface area contributed by atoms with Gasteiger partial charge in [-0.1, -0.05) is 0 Å². The summed E-state index contributed by atoms with van der Waals surface area (Å²) in [6, 6.07) is 5.88. The molecule has 5 heteroatoms. The first kappa shape index (κ1) is 13.8. The standard InChI is InChI=1S/C14H18N2O2S/c1-10(15)5-11-6-12(17-2)3-4-14(11)18-8-13-7-16-9-19-13/h3-4,6-7,9-10H,5,8,15H2,1-2H3. The van der Waals surface area contributed by atoms with Crippen LogP contribution in [0.5, 0.6) is 11.5 Å². The minimum atomic E-state index is 0.0814. The summed E-state index contributed by atoms with van der Waals surface area (Å²) in [4.78, 5) is 5.13. The summed E-state index contributed by atoms with van der Waals surface area (Å²) in [7, 11) is 1.66. The van der Waals surface area contributed by atoms with E-state index in [0.29, 0.717) is 6.61 Å². The highest BCUT2D eigenvalue weighted by atomic mass is 32.1. The lowest BCUT2D eigenvalue weighted by molar-refractivity contribution is 0.304. The molecule has 0 saturated carbocycles. The van der Waals surface area contributed by atoms with Gasteiger partial charge in [-0.15, -0.1) is 11.3 Å². The normalized spacial score (nSPS) is 12.2. The zero-order chi connectivity index (χ0) is 13.7. The van der Waals surface area contributed by atoms with Crippen molar-refractivity contribution in [3.8, 4) is 11.5 Å². The second-order valence-corrected chi connectivity index (χ2v) is 5.38. The summed E-state index contributed by atoms with van der Waals surface area (Å²) >= 11 is 1.58. The molecule has 19 heavy (non-hydrogen) atoms. The highest BCUT2D eigenvalue weighted by Crippen LogP contribution is 2.26. The first-order valence-corrected chi connectivity index (χ1v) is 6.99. The maximum Gasteiger partial charge on any atom is 0.124 e. The maximum atomic E-state index is 5.87. The van der Waals surface area contributed by atoms with Crippen LogP contribution >= 0.6 is 11.3 Å². The quantitative estimate of drug-likeness (QED) is 0.882. The molecule has 0 aliphatic rings. The fraction of sp³-hybridized carbons (Fsp3) is 0.357. The minimum absolute atomic E-state index is 0.0814. The number of aromatic nitrogens is 1. The molecule has 2 rings (SSSR count). The van der Waals surface area contributed by atoms with E-state index in [1.807, 2.05) is 31.3 Å². The predicted octanol–water partition coefficient (Wildman–Crippen LogP) is 2.62. The fourth-order valence-electron chi connectivity index (χ4n) is 1.79. The molecule has 0 bridgehead atoms. The molecule has 0 radical (unpaired) electrons. The summed E-state index contributed by atoms with van der Waals surface area (Å²) in [5, 5.41) is 0. The van der Waals surface area contributed by atoms with E-state index in [1.165, 1.54) is 0 Å². The zero-order valence-electron chi connectivity index (χ0n) is 11.1. The Morgan fingerprint density at radius 2 is 2.26 bits per heavy atom. The molecule has 102 valence electrons. The van der Waals surface area contributed by atoms with E-state index in [2.05, 4.69) is 4.98 Å². The number of thiazole rings is 1. The van der Waals surface area contributed by atoms with Gasteiger partial charge in [0.2, 0.25) is 0 Å². The smallest absolute Gasteiger partial charge is 0.124 e. The molecule has 0 spiro atoms. The van der Waals surface area contributed by atoms with Crippen molar-refractivity contribution in [3.05, 3.63) is 40.3 Å². The van der Waals surface area contributed by atoms with Crippen molar-refractivity contribution in [1.29, 1.82) is 0 Å². The molecule has 2 aromatic rings. The largest absolute Gasteiger partial charge is 0.497 e. The van der Waals surface area contributed by atoms with E-state index in [9.17, 15) is 0 Å². The maximum absolute atomic E-state index is 5.87. The van der Waals surface area contributed by atoms with Crippen LogP contribution in [-0.4, -0.2) is 18.1 Å². The number of ether oxygens (including phenoxy) is 2. The SMILES string of the molecule is COc1ccc(OCc2cncs2)c(CC(C)N)c1. The van der Waals surface area contributed by atoms with Gasteiger partial charge >= 0.3 is 0 Å². The Bertz CT molecular complexity index is 512. The molecule has 0 amide bonds. The number of benzene rings is 1. The molecular formula is C14H18N2O2S. The second-order valence-electron chi connectivity index (χ2n) is 4.41. The Labute approximate surface area is 117 Å². The van der Waals surface area contributed by atoms with E-state index in [4.69, 9.17) is 15.2 Å². The highest BCUT2D eigenvalue weighted by Gasteiger charge is 2.09. The van der Waals surface area contributed by atoms with E-state index >= 15 is 0 Å². The first-order valence-electron chi connectivity index (χ1n) is 6.11. The van der Waals surface area contributed by atoms with Gasteiger partial charge < -0.3 is 15.2 Å².